The molecule has 2 aromatic rings. The first-order valence-electron chi connectivity index (χ1n) is 8.30. The Morgan fingerprint density at radius 3 is 2.61 bits per heavy atom. The molecule has 2 aliphatic rings. The van der Waals surface area contributed by atoms with E-state index in [1.54, 1.807) is 0 Å². The number of nitrogens with zero attached hydrogens (tertiary/aromatic N) is 6. The Morgan fingerprint density at radius 2 is 1.83 bits per heavy atom. The number of anilines is 2. The topological polar surface area (TPSA) is 58.0 Å². The van der Waals surface area contributed by atoms with E-state index in [4.69, 9.17) is 0 Å². The van der Waals surface area contributed by atoms with Crippen LogP contribution in [-0.4, -0.2) is 45.6 Å². The van der Waals surface area contributed by atoms with E-state index in [9.17, 15) is 0 Å². The molecule has 4 rings (SSSR count). The number of hydrogen-bond acceptors (Lipinski definition) is 6. The number of hydrogen-bond donors (Lipinski definition) is 0. The first-order chi connectivity index (χ1) is 11.2. The van der Waals surface area contributed by atoms with E-state index in [-0.39, 0.29) is 0 Å². The fourth-order valence-electron chi connectivity index (χ4n) is 3.76. The lowest BCUT2D eigenvalue weighted by atomic mass is 9.92. The first kappa shape index (κ1) is 14.4. The van der Waals surface area contributed by atoms with Gasteiger partial charge in [0.15, 0.2) is 0 Å². The fourth-order valence-corrected chi connectivity index (χ4v) is 3.76. The zero-order valence-corrected chi connectivity index (χ0v) is 13.7. The van der Waals surface area contributed by atoms with Crippen LogP contribution in [0.1, 0.15) is 24.2 Å². The summed E-state index contributed by atoms with van der Waals surface area (Å²) in [5.74, 6) is 3.48. The Hall–Kier alpha value is -2.24. The van der Waals surface area contributed by atoms with Gasteiger partial charge in [-0.15, -0.1) is 0 Å². The Kier molecular flexibility index (Phi) is 3.59. The maximum Gasteiger partial charge on any atom is 0.225 e. The number of fused-ring (bicyclic) bond motifs is 1. The van der Waals surface area contributed by atoms with Crippen LogP contribution >= 0.6 is 0 Å². The van der Waals surface area contributed by atoms with Crippen LogP contribution in [0.15, 0.2) is 24.7 Å². The van der Waals surface area contributed by atoms with Crippen molar-refractivity contribution in [2.24, 2.45) is 5.92 Å². The van der Waals surface area contributed by atoms with Gasteiger partial charge in [0.25, 0.3) is 0 Å². The van der Waals surface area contributed by atoms with Gasteiger partial charge in [-0.3, -0.25) is 0 Å². The van der Waals surface area contributed by atoms with Crippen LogP contribution in [0.3, 0.4) is 0 Å². The van der Waals surface area contributed by atoms with Crippen molar-refractivity contribution < 1.29 is 0 Å². The molecular weight excluding hydrogens is 288 g/mol. The molecule has 2 aliphatic heterocycles. The van der Waals surface area contributed by atoms with Crippen molar-refractivity contribution in [2.75, 3.05) is 29.4 Å². The molecule has 2 saturated heterocycles. The van der Waals surface area contributed by atoms with Crippen LogP contribution in [0.2, 0.25) is 0 Å². The van der Waals surface area contributed by atoms with Crippen molar-refractivity contribution in [3.63, 3.8) is 0 Å². The molecule has 2 unspecified atom stereocenters. The van der Waals surface area contributed by atoms with E-state index < -0.39 is 0 Å². The lowest BCUT2D eigenvalue weighted by Crippen LogP contribution is -2.49. The Morgan fingerprint density at radius 1 is 1.04 bits per heavy atom. The maximum atomic E-state index is 4.62. The highest BCUT2D eigenvalue weighted by atomic mass is 15.3. The second kappa shape index (κ2) is 5.76. The molecular formula is C17H22N6. The van der Waals surface area contributed by atoms with Gasteiger partial charge >= 0.3 is 0 Å². The summed E-state index contributed by atoms with van der Waals surface area (Å²) in [6.07, 6.45) is 8.09. The van der Waals surface area contributed by atoms with Gasteiger partial charge in [0.05, 0.1) is 6.04 Å². The van der Waals surface area contributed by atoms with Gasteiger partial charge in [-0.25, -0.2) is 19.9 Å². The van der Waals surface area contributed by atoms with Gasteiger partial charge < -0.3 is 9.80 Å². The molecule has 23 heavy (non-hydrogen) atoms. The van der Waals surface area contributed by atoms with E-state index in [0.717, 1.165) is 48.7 Å². The minimum Gasteiger partial charge on any atom is -0.351 e. The van der Waals surface area contributed by atoms with E-state index in [0.29, 0.717) is 6.04 Å². The minimum atomic E-state index is 0.489. The van der Waals surface area contributed by atoms with Gasteiger partial charge in [-0.1, -0.05) is 0 Å². The summed E-state index contributed by atoms with van der Waals surface area (Å²) < 4.78 is 0. The molecule has 2 atom stereocenters. The van der Waals surface area contributed by atoms with Crippen molar-refractivity contribution in [2.45, 2.75) is 32.7 Å². The highest BCUT2D eigenvalue weighted by molar-refractivity contribution is 5.43. The summed E-state index contributed by atoms with van der Waals surface area (Å²) in [5.41, 5.74) is 1.10. The molecule has 0 saturated carbocycles. The smallest absolute Gasteiger partial charge is 0.225 e. The molecule has 6 nitrogen and oxygen atoms in total. The molecule has 0 amide bonds. The van der Waals surface area contributed by atoms with E-state index in [1.165, 1.54) is 12.8 Å². The summed E-state index contributed by atoms with van der Waals surface area (Å²) in [6, 6.07) is 2.51. The maximum absolute atomic E-state index is 4.62. The predicted octanol–water partition coefficient (Wildman–Crippen LogP) is 1.99. The van der Waals surface area contributed by atoms with Crippen LogP contribution in [-0.2, 0) is 0 Å². The Balaban J connectivity index is 1.56. The van der Waals surface area contributed by atoms with E-state index >= 15 is 0 Å². The van der Waals surface area contributed by atoms with Gasteiger partial charge in [-0.2, -0.15) is 0 Å². The molecule has 0 spiro atoms. The lowest BCUT2D eigenvalue weighted by Gasteiger charge is -2.38. The Labute approximate surface area is 136 Å². The number of aromatic nitrogens is 4. The zero-order valence-electron chi connectivity index (χ0n) is 13.7. The van der Waals surface area contributed by atoms with Crippen LogP contribution in [0, 0.1) is 19.8 Å². The highest BCUT2D eigenvalue weighted by Gasteiger charge is 2.39. The highest BCUT2D eigenvalue weighted by Crippen LogP contribution is 2.35. The molecule has 0 radical (unpaired) electrons. The molecule has 0 aromatic carbocycles. The van der Waals surface area contributed by atoms with Crippen molar-refractivity contribution in [1.29, 1.82) is 0 Å². The van der Waals surface area contributed by atoms with Crippen LogP contribution in [0.5, 0.6) is 0 Å². The lowest BCUT2D eigenvalue weighted by molar-refractivity contribution is 0.386. The number of piperidine rings is 1. The predicted molar refractivity (Wildman–Crippen MR) is 89.6 cm³/mol. The minimum absolute atomic E-state index is 0.489. The quantitative estimate of drug-likeness (QED) is 0.845. The van der Waals surface area contributed by atoms with Crippen molar-refractivity contribution >= 4 is 11.8 Å². The molecule has 2 aromatic heterocycles. The molecule has 0 aliphatic carbocycles. The van der Waals surface area contributed by atoms with Crippen molar-refractivity contribution in [3.8, 4) is 0 Å². The normalized spacial score (nSPS) is 23.9. The second-order valence-corrected chi connectivity index (χ2v) is 6.57. The van der Waals surface area contributed by atoms with Gasteiger partial charge in [0.2, 0.25) is 5.95 Å². The molecule has 2 fully saturated rings. The standard InChI is InChI=1S/C17H22N6/c1-12-9-19-17(20-10-12)22-7-4-14-5-8-23(15(14)11-22)16-3-6-18-13(2)21-16/h3,6,9-10,14-15H,4-5,7-8,11H2,1-2H3. The van der Waals surface area contributed by atoms with Gasteiger partial charge in [0, 0.05) is 38.2 Å². The summed E-state index contributed by atoms with van der Waals surface area (Å²) in [4.78, 5) is 22.6. The third-order valence-electron chi connectivity index (χ3n) is 4.97. The van der Waals surface area contributed by atoms with Crippen molar-refractivity contribution in [1.82, 2.24) is 19.9 Å². The first-order valence-corrected chi connectivity index (χ1v) is 8.30. The fraction of sp³-hybridized carbons (Fsp3) is 0.529. The Bertz CT molecular complexity index is 686. The van der Waals surface area contributed by atoms with Crippen LogP contribution in [0.4, 0.5) is 11.8 Å². The summed E-state index contributed by atoms with van der Waals surface area (Å²) >= 11 is 0. The summed E-state index contributed by atoms with van der Waals surface area (Å²) in [7, 11) is 0. The van der Waals surface area contributed by atoms with Crippen molar-refractivity contribution in [3.05, 3.63) is 36.0 Å². The summed E-state index contributed by atoms with van der Waals surface area (Å²) in [6.45, 7) is 7.06. The number of rotatable bonds is 2. The van der Waals surface area contributed by atoms with Gasteiger partial charge in [-0.05, 0) is 44.2 Å². The summed E-state index contributed by atoms with van der Waals surface area (Å²) in [5, 5.41) is 0. The zero-order chi connectivity index (χ0) is 15.8. The number of aryl methyl sites for hydroxylation is 2. The van der Waals surface area contributed by atoms with Crippen LogP contribution < -0.4 is 9.80 Å². The molecule has 0 bridgehead atoms. The molecule has 0 N–H and O–H groups in total. The van der Waals surface area contributed by atoms with Gasteiger partial charge in [0.1, 0.15) is 11.6 Å². The van der Waals surface area contributed by atoms with E-state index in [1.807, 2.05) is 38.5 Å². The van der Waals surface area contributed by atoms with E-state index in [2.05, 4.69) is 29.7 Å². The third-order valence-corrected chi connectivity index (χ3v) is 4.97. The monoisotopic (exact) mass is 310 g/mol. The SMILES string of the molecule is Cc1cnc(N2CCC3CCN(c4ccnc(C)n4)C3C2)nc1. The molecule has 4 heterocycles. The largest absolute Gasteiger partial charge is 0.351 e. The molecule has 120 valence electrons. The van der Waals surface area contributed by atoms with Crippen LogP contribution in [0.25, 0.3) is 0 Å². The second-order valence-electron chi connectivity index (χ2n) is 6.57. The molecule has 6 heteroatoms. The average molecular weight is 310 g/mol. The third kappa shape index (κ3) is 2.73. The average Bonchev–Trinajstić information content (AvgIpc) is 2.98.